The van der Waals surface area contributed by atoms with Gasteiger partial charge in [0, 0.05) is 11.1 Å². The van der Waals surface area contributed by atoms with Crippen LogP contribution in [0.2, 0.25) is 0 Å². The van der Waals surface area contributed by atoms with Crippen molar-refractivity contribution in [2.45, 2.75) is 10.8 Å². The number of hydrogen-bond donors (Lipinski definition) is 0. The molecule has 14 aromatic rings. The van der Waals surface area contributed by atoms with Crippen molar-refractivity contribution >= 4 is 0 Å². The van der Waals surface area contributed by atoms with Gasteiger partial charge in [-0.1, -0.05) is 364 Å². The van der Waals surface area contributed by atoms with Crippen LogP contribution in [0.1, 0.15) is 55.6 Å². The van der Waals surface area contributed by atoms with Crippen LogP contribution in [0, 0.1) is 23.7 Å². The van der Waals surface area contributed by atoms with Gasteiger partial charge < -0.3 is 0 Å². The zero-order chi connectivity index (χ0) is 60.4. The highest BCUT2D eigenvalue weighted by molar-refractivity contribution is 5.74. The molecule has 0 spiro atoms. The summed E-state index contributed by atoms with van der Waals surface area (Å²) >= 11 is 0. The van der Waals surface area contributed by atoms with Gasteiger partial charge in [0.1, 0.15) is 0 Å². The van der Waals surface area contributed by atoms with Crippen molar-refractivity contribution in [3.8, 4) is 90.4 Å². The second kappa shape index (κ2) is 25.6. The minimum absolute atomic E-state index is 0.696. The first-order chi connectivity index (χ1) is 44.6. The molecule has 0 saturated carbocycles. The molecule has 0 saturated heterocycles. The lowest BCUT2D eigenvalue weighted by Crippen LogP contribution is -2.31. The molecule has 90 heavy (non-hydrogen) atoms. The van der Waals surface area contributed by atoms with Crippen molar-refractivity contribution in [1.29, 1.82) is 0 Å². The standard InChI is InChI=1S/C90H62/c1-7-23-69(24-8-1)75-39-55-83(56-40-75)89(84-57-41-76(42-58-84)70-25-9-2-10-26-70,85-59-43-77(44-60-85)71-27-11-3-12-28-71)81-51-35-67(36-52-81)21-19-20-22-68-37-53-82(54-38-68)90(86-61-45-78(46-62-86)72-29-13-4-14-30-72,87-63-47-79(48-64-87)73-31-15-5-16-32-73)88-65-49-80(50-66-88)74-33-17-6-18-34-74/h1-18,23-66H. The van der Waals surface area contributed by atoms with E-state index >= 15 is 0 Å². The molecule has 0 amide bonds. The predicted octanol–water partition coefficient (Wildman–Crippen LogP) is 21.9. The summed E-state index contributed by atoms with van der Waals surface area (Å²) in [5, 5.41) is 0. The van der Waals surface area contributed by atoms with Gasteiger partial charge in [-0.2, -0.15) is 0 Å². The number of hydrogen-bond acceptors (Lipinski definition) is 0. The summed E-state index contributed by atoms with van der Waals surface area (Å²) in [4.78, 5) is 0. The number of rotatable bonds is 14. The van der Waals surface area contributed by atoms with Gasteiger partial charge in [-0.15, -0.1) is 0 Å². The molecule has 0 aliphatic heterocycles. The molecule has 0 atom stereocenters. The molecule has 422 valence electrons. The molecule has 0 fully saturated rings. The molecule has 0 heterocycles. The Labute approximate surface area is 529 Å². The van der Waals surface area contributed by atoms with Crippen molar-refractivity contribution in [1.82, 2.24) is 0 Å². The second-order valence-corrected chi connectivity index (χ2v) is 22.8. The van der Waals surface area contributed by atoms with E-state index in [9.17, 15) is 0 Å². The topological polar surface area (TPSA) is 0 Å². The van der Waals surface area contributed by atoms with Crippen LogP contribution in [0.4, 0.5) is 0 Å². The average molecular weight is 1140 g/mol. The van der Waals surface area contributed by atoms with Crippen LogP contribution in [-0.2, 0) is 10.8 Å². The highest BCUT2D eigenvalue weighted by Gasteiger charge is 2.40. The predicted molar refractivity (Wildman–Crippen MR) is 376 cm³/mol. The van der Waals surface area contributed by atoms with Crippen LogP contribution in [0.5, 0.6) is 0 Å². The van der Waals surface area contributed by atoms with Crippen LogP contribution in [-0.4, -0.2) is 0 Å². The number of benzene rings is 14. The van der Waals surface area contributed by atoms with E-state index in [1.807, 2.05) is 0 Å². The van der Waals surface area contributed by atoms with E-state index in [0.717, 1.165) is 55.6 Å². The first-order valence-electron chi connectivity index (χ1n) is 30.8. The van der Waals surface area contributed by atoms with Gasteiger partial charge >= 0.3 is 0 Å². The van der Waals surface area contributed by atoms with E-state index < -0.39 is 10.8 Å². The van der Waals surface area contributed by atoms with Crippen LogP contribution in [0.15, 0.2) is 376 Å². The Hall–Kier alpha value is -11.8. The largest absolute Gasteiger partial charge is 0.0701 e. The Morgan fingerprint density at radius 2 is 0.267 bits per heavy atom. The van der Waals surface area contributed by atoms with Gasteiger partial charge in [-0.05, 0) is 147 Å². The summed E-state index contributed by atoms with van der Waals surface area (Å²) in [6.07, 6.45) is 0. The highest BCUT2D eigenvalue weighted by atomic mass is 14.4. The second-order valence-electron chi connectivity index (χ2n) is 22.8. The Morgan fingerprint density at radius 1 is 0.133 bits per heavy atom. The summed E-state index contributed by atoms with van der Waals surface area (Å²) in [6.45, 7) is 0. The molecule has 0 radical (unpaired) electrons. The first-order valence-corrected chi connectivity index (χ1v) is 30.8. The quantitative estimate of drug-likeness (QED) is 0.0752. The Bertz CT molecular complexity index is 4070. The van der Waals surface area contributed by atoms with E-state index in [1.54, 1.807) is 0 Å². The molecule has 0 aliphatic rings. The van der Waals surface area contributed by atoms with Gasteiger partial charge in [0.25, 0.3) is 0 Å². The summed E-state index contributed by atoms with van der Waals surface area (Å²) in [5.41, 5.74) is 23.7. The molecule has 0 N–H and O–H groups in total. The third kappa shape index (κ3) is 11.3. The fourth-order valence-corrected chi connectivity index (χ4v) is 13.1. The van der Waals surface area contributed by atoms with E-state index in [1.165, 1.54) is 66.8 Å². The van der Waals surface area contributed by atoms with Gasteiger partial charge in [-0.3, -0.25) is 0 Å². The monoisotopic (exact) mass is 1140 g/mol. The molecule has 0 aromatic heterocycles. The average Bonchev–Trinajstić information content (AvgIpc) is 0.791. The summed E-state index contributed by atoms with van der Waals surface area (Å²) < 4.78 is 0. The molecule has 0 unspecified atom stereocenters. The molecule has 0 aliphatic carbocycles. The zero-order valence-corrected chi connectivity index (χ0v) is 49.8. The van der Waals surface area contributed by atoms with Crippen LogP contribution in [0.25, 0.3) is 66.8 Å². The van der Waals surface area contributed by atoms with Crippen molar-refractivity contribution in [3.63, 3.8) is 0 Å². The van der Waals surface area contributed by atoms with E-state index in [0.29, 0.717) is 0 Å². The summed E-state index contributed by atoms with van der Waals surface area (Å²) in [5.74, 6) is 13.3. The summed E-state index contributed by atoms with van der Waals surface area (Å²) in [6, 6.07) is 136. The van der Waals surface area contributed by atoms with E-state index in [-0.39, 0.29) is 0 Å². The van der Waals surface area contributed by atoms with Crippen LogP contribution < -0.4 is 0 Å². The maximum Gasteiger partial charge on any atom is 0.0701 e. The van der Waals surface area contributed by atoms with Gasteiger partial charge in [-0.25, -0.2) is 0 Å². The molecule has 0 nitrogen and oxygen atoms in total. The third-order valence-corrected chi connectivity index (χ3v) is 17.7. The van der Waals surface area contributed by atoms with Gasteiger partial charge in [0.2, 0.25) is 0 Å². The maximum absolute atomic E-state index is 3.42. The van der Waals surface area contributed by atoms with Gasteiger partial charge in [0.15, 0.2) is 0 Å². The minimum atomic E-state index is -0.696. The Balaban J connectivity index is 0.834. The van der Waals surface area contributed by atoms with Gasteiger partial charge in [0.05, 0.1) is 10.8 Å². The Morgan fingerprint density at radius 3 is 0.422 bits per heavy atom. The maximum atomic E-state index is 3.42. The van der Waals surface area contributed by atoms with Crippen molar-refractivity contribution in [3.05, 3.63) is 432 Å². The lowest BCUT2D eigenvalue weighted by Gasteiger charge is -2.37. The summed E-state index contributed by atoms with van der Waals surface area (Å²) in [7, 11) is 0. The van der Waals surface area contributed by atoms with Crippen molar-refractivity contribution in [2.24, 2.45) is 0 Å². The van der Waals surface area contributed by atoms with Crippen molar-refractivity contribution < 1.29 is 0 Å². The smallest absolute Gasteiger partial charge is 0.0622 e. The van der Waals surface area contributed by atoms with Crippen LogP contribution >= 0.6 is 0 Å². The minimum Gasteiger partial charge on any atom is -0.0622 e. The molecule has 14 rings (SSSR count). The molecular weight excluding hydrogens is 1080 g/mol. The zero-order valence-electron chi connectivity index (χ0n) is 49.8. The Kier molecular flexibility index (Phi) is 16.0. The van der Waals surface area contributed by atoms with E-state index in [2.05, 4.69) is 400 Å². The molecule has 0 heteroatoms. The lowest BCUT2D eigenvalue weighted by atomic mass is 9.64. The fraction of sp³-hybridized carbons (Fsp3) is 0.0222. The fourth-order valence-electron chi connectivity index (χ4n) is 13.1. The first kappa shape index (κ1) is 56.0. The molecule has 14 aromatic carbocycles. The van der Waals surface area contributed by atoms with E-state index in [4.69, 9.17) is 0 Å². The molecule has 0 bridgehead atoms. The highest BCUT2D eigenvalue weighted by Crippen LogP contribution is 2.49. The van der Waals surface area contributed by atoms with Crippen molar-refractivity contribution in [2.75, 3.05) is 0 Å². The SMILES string of the molecule is C(C#Cc1ccc(C(c2ccc(-c3ccccc3)cc2)(c2ccc(-c3ccccc3)cc2)c2ccc(-c3ccccc3)cc2)cc1)#Cc1ccc(C(c2ccc(-c3ccccc3)cc2)(c2ccc(-c3ccccc3)cc2)c2ccc(-c3ccccc3)cc2)cc1. The molecular formula is C90H62. The van der Waals surface area contributed by atoms with Crippen LogP contribution in [0.3, 0.4) is 0 Å². The third-order valence-electron chi connectivity index (χ3n) is 17.7. The lowest BCUT2D eigenvalue weighted by molar-refractivity contribution is 0.745. The normalized spacial score (nSPS) is 11.2.